The number of rotatable bonds is 1. The monoisotopic (exact) mass is 150 g/mol. The van der Waals surface area contributed by atoms with Gasteiger partial charge in [0.25, 0.3) is 0 Å². The molecule has 2 aliphatic rings. The Hall–Kier alpha value is 0.0649. The highest BCUT2D eigenvalue weighted by atomic mass is 14.5. The Kier molecular flexibility index (Phi) is 1.77. The third kappa shape index (κ3) is 1.23. The van der Waals surface area contributed by atoms with E-state index >= 15 is 0 Å². The zero-order valence-corrected chi connectivity index (χ0v) is 7.90. The standard InChI is InChI=1S/C10H19B/c1-8-4-2-3-7-10(8,11)9-5-6-9/h8-9H,2-7,11H2,1H3. The SMILES string of the molecule is BC1(C2CC2)CCCCC1C. The summed E-state index contributed by atoms with van der Waals surface area (Å²) < 4.78 is 0. The first-order chi connectivity index (χ1) is 5.23. The summed E-state index contributed by atoms with van der Waals surface area (Å²) >= 11 is 0. The molecule has 0 aromatic heterocycles. The van der Waals surface area contributed by atoms with Crippen LogP contribution in [0.3, 0.4) is 0 Å². The normalized spacial score (nSPS) is 45.7. The van der Waals surface area contributed by atoms with Crippen molar-refractivity contribution in [2.75, 3.05) is 0 Å². The predicted molar refractivity (Wildman–Crippen MR) is 51.6 cm³/mol. The maximum absolute atomic E-state index is 2.54. The van der Waals surface area contributed by atoms with Crippen molar-refractivity contribution in [1.82, 2.24) is 0 Å². The fourth-order valence-electron chi connectivity index (χ4n) is 2.88. The largest absolute Gasteiger partial charge is 0.110 e. The lowest BCUT2D eigenvalue weighted by Gasteiger charge is -2.40. The molecule has 0 amide bonds. The van der Waals surface area contributed by atoms with E-state index < -0.39 is 0 Å². The van der Waals surface area contributed by atoms with Gasteiger partial charge in [-0.1, -0.05) is 50.8 Å². The van der Waals surface area contributed by atoms with Gasteiger partial charge in [0.15, 0.2) is 0 Å². The van der Waals surface area contributed by atoms with Crippen molar-refractivity contribution in [3.8, 4) is 0 Å². The first kappa shape index (κ1) is 7.70. The molecule has 1 heteroatoms. The van der Waals surface area contributed by atoms with Crippen LogP contribution >= 0.6 is 0 Å². The maximum atomic E-state index is 2.54. The highest BCUT2D eigenvalue weighted by molar-refractivity contribution is 6.15. The molecule has 2 atom stereocenters. The first-order valence-corrected chi connectivity index (χ1v) is 5.23. The van der Waals surface area contributed by atoms with Gasteiger partial charge in [-0.25, -0.2) is 0 Å². The van der Waals surface area contributed by atoms with Crippen LogP contribution in [0, 0.1) is 11.8 Å². The summed E-state index contributed by atoms with van der Waals surface area (Å²) in [5.74, 6) is 2.11. The molecule has 0 N–H and O–H groups in total. The van der Waals surface area contributed by atoms with E-state index in [-0.39, 0.29) is 0 Å². The van der Waals surface area contributed by atoms with Gasteiger partial charge < -0.3 is 0 Å². The van der Waals surface area contributed by atoms with Crippen molar-refractivity contribution in [3.63, 3.8) is 0 Å². The van der Waals surface area contributed by atoms with Crippen LogP contribution in [0.25, 0.3) is 0 Å². The van der Waals surface area contributed by atoms with E-state index in [4.69, 9.17) is 0 Å². The fourth-order valence-corrected chi connectivity index (χ4v) is 2.88. The average Bonchev–Trinajstić information content (AvgIpc) is 2.77. The first-order valence-electron chi connectivity index (χ1n) is 5.23. The summed E-state index contributed by atoms with van der Waals surface area (Å²) in [5, 5.41) is 0.748. The highest BCUT2D eigenvalue weighted by Gasteiger charge is 2.45. The van der Waals surface area contributed by atoms with Gasteiger partial charge in [0.2, 0.25) is 0 Å². The topological polar surface area (TPSA) is 0 Å². The minimum atomic E-state index is 0.748. The molecule has 2 saturated carbocycles. The molecule has 2 fully saturated rings. The van der Waals surface area contributed by atoms with Crippen LogP contribution in [0.2, 0.25) is 5.31 Å². The second kappa shape index (κ2) is 2.53. The van der Waals surface area contributed by atoms with Crippen LogP contribution in [-0.2, 0) is 0 Å². The van der Waals surface area contributed by atoms with Crippen molar-refractivity contribution in [3.05, 3.63) is 0 Å². The minimum Gasteiger partial charge on any atom is -0.0627 e. The summed E-state index contributed by atoms with van der Waals surface area (Å²) in [5.41, 5.74) is 0. The Bertz CT molecular complexity index is 151. The smallest absolute Gasteiger partial charge is 0.0627 e. The number of hydrogen-bond donors (Lipinski definition) is 0. The molecule has 0 heterocycles. The predicted octanol–water partition coefficient (Wildman–Crippen LogP) is 2.40. The second-order valence-electron chi connectivity index (χ2n) is 4.93. The molecule has 0 spiro atoms. The van der Waals surface area contributed by atoms with Gasteiger partial charge in [0.1, 0.15) is 7.85 Å². The molecular weight excluding hydrogens is 131 g/mol. The minimum absolute atomic E-state index is 0.748. The van der Waals surface area contributed by atoms with Gasteiger partial charge in [-0.05, 0) is 11.8 Å². The Morgan fingerprint density at radius 1 is 1.18 bits per heavy atom. The Morgan fingerprint density at radius 3 is 2.45 bits per heavy atom. The summed E-state index contributed by atoms with van der Waals surface area (Å²) in [4.78, 5) is 0. The molecule has 0 nitrogen and oxygen atoms in total. The van der Waals surface area contributed by atoms with Crippen LogP contribution in [0.1, 0.15) is 45.4 Å². The van der Waals surface area contributed by atoms with Crippen molar-refractivity contribution >= 4 is 7.85 Å². The average molecular weight is 150 g/mol. The molecule has 11 heavy (non-hydrogen) atoms. The molecule has 2 rings (SSSR count). The van der Waals surface area contributed by atoms with Crippen LogP contribution in [0.4, 0.5) is 0 Å². The lowest BCUT2D eigenvalue weighted by atomic mass is 9.52. The van der Waals surface area contributed by atoms with E-state index in [0.29, 0.717) is 0 Å². The molecule has 0 aromatic rings. The molecule has 0 bridgehead atoms. The van der Waals surface area contributed by atoms with E-state index in [1.54, 1.807) is 0 Å². The van der Waals surface area contributed by atoms with E-state index in [9.17, 15) is 0 Å². The third-order valence-electron chi connectivity index (χ3n) is 4.24. The van der Waals surface area contributed by atoms with E-state index in [1.807, 2.05) is 0 Å². The lowest BCUT2D eigenvalue weighted by Crippen LogP contribution is -2.27. The highest BCUT2D eigenvalue weighted by Crippen LogP contribution is 2.59. The summed E-state index contributed by atoms with van der Waals surface area (Å²) in [6.45, 7) is 2.47. The van der Waals surface area contributed by atoms with Crippen LogP contribution < -0.4 is 0 Å². The van der Waals surface area contributed by atoms with Crippen LogP contribution in [-0.4, -0.2) is 7.85 Å². The van der Waals surface area contributed by atoms with E-state index in [1.165, 1.54) is 38.5 Å². The molecule has 0 aliphatic heterocycles. The van der Waals surface area contributed by atoms with Gasteiger partial charge in [-0.2, -0.15) is 0 Å². The van der Waals surface area contributed by atoms with Crippen LogP contribution in [0.15, 0.2) is 0 Å². The quantitative estimate of drug-likeness (QED) is 0.503. The Morgan fingerprint density at radius 2 is 1.91 bits per heavy atom. The fraction of sp³-hybridized carbons (Fsp3) is 1.00. The van der Waals surface area contributed by atoms with Crippen molar-refractivity contribution in [1.29, 1.82) is 0 Å². The van der Waals surface area contributed by atoms with Gasteiger partial charge in [0.05, 0.1) is 0 Å². The van der Waals surface area contributed by atoms with E-state index in [2.05, 4.69) is 14.8 Å². The lowest BCUT2D eigenvalue weighted by molar-refractivity contribution is 0.248. The molecule has 62 valence electrons. The summed E-state index contributed by atoms with van der Waals surface area (Å²) in [6, 6.07) is 0. The molecule has 0 aromatic carbocycles. The zero-order chi connectivity index (χ0) is 7.90. The van der Waals surface area contributed by atoms with Gasteiger partial charge in [-0.3, -0.25) is 0 Å². The van der Waals surface area contributed by atoms with Crippen molar-refractivity contribution < 1.29 is 0 Å². The van der Waals surface area contributed by atoms with Gasteiger partial charge in [-0.15, -0.1) is 0 Å². The molecule has 0 radical (unpaired) electrons. The number of hydrogen-bond acceptors (Lipinski definition) is 0. The Balaban J connectivity index is 2.06. The molecular formula is C10H19B. The maximum Gasteiger partial charge on any atom is 0.110 e. The van der Waals surface area contributed by atoms with E-state index in [0.717, 1.165) is 17.2 Å². The summed E-state index contributed by atoms with van der Waals surface area (Å²) in [7, 11) is 2.54. The van der Waals surface area contributed by atoms with Crippen LogP contribution in [0.5, 0.6) is 0 Å². The van der Waals surface area contributed by atoms with Crippen molar-refractivity contribution in [2.45, 2.75) is 50.8 Å². The third-order valence-corrected chi connectivity index (χ3v) is 4.24. The summed E-state index contributed by atoms with van der Waals surface area (Å²) in [6.07, 6.45) is 9.05. The molecule has 0 saturated heterocycles. The zero-order valence-electron chi connectivity index (χ0n) is 7.90. The van der Waals surface area contributed by atoms with Crippen molar-refractivity contribution in [2.24, 2.45) is 11.8 Å². The second-order valence-corrected chi connectivity index (χ2v) is 4.93. The molecule has 2 unspecified atom stereocenters. The molecule has 2 aliphatic carbocycles. The van der Waals surface area contributed by atoms with Gasteiger partial charge in [0, 0.05) is 0 Å². The Labute approximate surface area is 71.2 Å². The van der Waals surface area contributed by atoms with Gasteiger partial charge >= 0.3 is 0 Å².